The summed E-state index contributed by atoms with van der Waals surface area (Å²) in [5, 5.41) is 6.52. The van der Waals surface area contributed by atoms with Crippen LogP contribution in [0, 0.1) is 5.82 Å². The minimum atomic E-state index is -0.194. The molecule has 2 aromatic rings. The number of benzene rings is 1. The lowest BCUT2D eigenvalue weighted by atomic mass is 10.1. The van der Waals surface area contributed by atoms with Gasteiger partial charge in [-0.15, -0.1) is 0 Å². The summed E-state index contributed by atoms with van der Waals surface area (Å²) >= 11 is 0. The van der Waals surface area contributed by atoms with E-state index in [1.165, 1.54) is 12.5 Å². The average molecular weight is 260 g/mol. The van der Waals surface area contributed by atoms with Gasteiger partial charge in [-0.1, -0.05) is 6.07 Å². The maximum atomic E-state index is 14.2. The highest BCUT2D eigenvalue weighted by Crippen LogP contribution is 2.29. The van der Waals surface area contributed by atoms with Crippen LogP contribution in [-0.4, -0.2) is 23.3 Å². The topological polar surface area (TPSA) is 57.9 Å². The second kappa shape index (κ2) is 4.91. The summed E-state index contributed by atoms with van der Waals surface area (Å²) in [6, 6.07) is 5.27. The van der Waals surface area contributed by atoms with Crippen LogP contribution in [0.4, 0.5) is 15.9 Å². The van der Waals surface area contributed by atoms with Crippen molar-refractivity contribution in [1.29, 1.82) is 0 Å². The van der Waals surface area contributed by atoms with Crippen LogP contribution >= 0.6 is 0 Å². The van der Waals surface area contributed by atoms with Gasteiger partial charge in [-0.05, 0) is 37.0 Å². The maximum Gasteiger partial charge on any atom is 0.147 e. The van der Waals surface area contributed by atoms with Gasteiger partial charge in [-0.25, -0.2) is 4.39 Å². The first-order chi connectivity index (χ1) is 9.25. The van der Waals surface area contributed by atoms with E-state index in [2.05, 4.69) is 15.1 Å². The molecule has 1 aromatic carbocycles. The number of aromatic nitrogens is 2. The number of nitrogens with zero attached hydrogens (tertiary/aromatic N) is 2. The predicted octanol–water partition coefficient (Wildman–Crippen LogP) is 2.79. The van der Waals surface area contributed by atoms with Crippen LogP contribution in [0.1, 0.15) is 19.3 Å². The number of H-pyrrole nitrogens is 1. The number of aromatic amines is 1. The largest absolute Gasteiger partial charge is 0.384 e. The number of anilines is 2. The molecule has 0 atom stereocenters. The molecule has 3 N–H and O–H groups in total. The Labute approximate surface area is 111 Å². The number of hydrogen-bond acceptors (Lipinski definition) is 3. The molecule has 3 rings (SSSR count). The molecule has 0 aliphatic carbocycles. The first-order valence-electron chi connectivity index (χ1n) is 6.59. The number of nitrogens with one attached hydrogen (secondary N) is 1. The van der Waals surface area contributed by atoms with Crippen molar-refractivity contribution in [3.8, 4) is 11.1 Å². The molecule has 1 saturated heterocycles. The monoisotopic (exact) mass is 260 g/mol. The number of hydrogen-bond donors (Lipinski definition) is 2. The Morgan fingerprint density at radius 3 is 2.63 bits per heavy atom. The van der Waals surface area contributed by atoms with E-state index in [0.29, 0.717) is 11.5 Å². The molecule has 1 aromatic heterocycles. The number of nitrogen functional groups attached to an aromatic ring is 1. The van der Waals surface area contributed by atoms with E-state index in [1.807, 2.05) is 12.1 Å². The highest BCUT2D eigenvalue weighted by Gasteiger charge is 2.16. The molecule has 0 saturated carbocycles. The Morgan fingerprint density at radius 2 is 2.00 bits per heavy atom. The molecule has 0 unspecified atom stereocenters. The number of nitrogens with two attached hydrogens (primary N) is 1. The number of rotatable bonds is 2. The van der Waals surface area contributed by atoms with E-state index in [4.69, 9.17) is 5.73 Å². The highest BCUT2D eigenvalue weighted by molar-refractivity contribution is 5.74. The third-order valence-electron chi connectivity index (χ3n) is 3.62. The van der Waals surface area contributed by atoms with Crippen molar-refractivity contribution in [1.82, 2.24) is 10.2 Å². The molecule has 1 aliphatic rings. The fourth-order valence-corrected chi connectivity index (χ4v) is 2.59. The first kappa shape index (κ1) is 12.0. The smallest absolute Gasteiger partial charge is 0.147 e. The maximum absolute atomic E-state index is 14.2. The van der Waals surface area contributed by atoms with Crippen LogP contribution in [-0.2, 0) is 0 Å². The zero-order valence-electron chi connectivity index (χ0n) is 10.7. The Bertz CT molecular complexity index is 573. The Hall–Kier alpha value is -2.04. The van der Waals surface area contributed by atoms with Gasteiger partial charge < -0.3 is 10.6 Å². The third-order valence-corrected chi connectivity index (χ3v) is 3.62. The van der Waals surface area contributed by atoms with Gasteiger partial charge in [-0.2, -0.15) is 5.10 Å². The summed E-state index contributed by atoms with van der Waals surface area (Å²) in [5.41, 5.74) is 7.93. The quantitative estimate of drug-likeness (QED) is 0.873. The summed E-state index contributed by atoms with van der Waals surface area (Å²) in [6.45, 7) is 1.87. The Morgan fingerprint density at radius 1 is 1.21 bits per heavy atom. The molecule has 2 heterocycles. The molecule has 0 bridgehead atoms. The molecule has 19 heavy (non-hydrogen) atoms. The lowest BCUT2D eigenvalue weighted by Gasteiger charge is -2.29. The summed E-state index contributed by atoms with van der Waals surface area (Å²) in [6.07, 6.45) is 5.12. The zero-order chi connectivity index (χ0) is 13.2. The van der Waals surface area contributed by atoms with Gasteiger partial charge in [-0.3, -0.25) is 5.10 Å². The third kappa shape index (κ3) is 2.28. The summed E-state index contributed by atoms with van der Waals surface area (Å²) < 4.78 is 14.2. The van der Waals surface area contributed by atoms with Crippen molar-refractivity contribution in [2.75, 3.05) is 23.7 Å². The molecule has 0 spiro atoms. The molecule has 1 aliphatic heterocycles. The van der Waals surface area contributed by atoms with Crippen molar-refractivity contribution in [2.24, 2.45) is 0 Å². The molecule has 5 heteroatoms. The van der Waals surface area contributed by atoms with Crippen LogP contribution in [0.2, 0.25) is 0 Å². The van der Waals surface area contributed by atoms with Crippen LogP contribution in [0.15, 0.2) is 24.4 Å². The molecular formula is C14H17FN4. The van der Waals surface area contributed by atoms with Crippen molar-refractivity contribution >= 4 is 11.5 Å². The van der Waals surface area contributed by atoms with Gasteiger partial charge in [0.15, 0.2) is 0 Å². The van der Waals surface area contributed by atoms with Crippen molar-refractivity contribution in [2.45, 2.75) is 19.3 Å². The van der Waals surface area contributed by atoms with E-state index < -0.39 is 0 Å². The minimum absolute atomic E-state index is 0.194. The molecule has 4 nitrogen and oxygen atoms in total. The fourth-order valence-electron chi connectivity index (χ4n) is 2.59. The van der Waals surface area contributed by atoms with Crippen molar-refractivity contribution in [3.05, 3.63) is 30.2 Å². The summed E-state index contributed by atoms with van der Waals surface area (Å²) in [7, 11) is 0. The standard InChI is InChI=1S/C14H17FN4/c15-12-8-10(11-9-17-18-14(11)16)4-5-13(12)19-6-2-1-3-7-19/h4-5,8-9H,1-3,6-7H2,(H3,16,17,18). The normalized spacial score (nSPS) is 15.7. The number of halogens is 1. The lowest BCUT2D eigenvalue weighted by Crippen LogP contribution is -2.30. The first-order valence-corrected chi connectivity index (χ1v) is 6.59. The molecular weight excluding hydrogens is 243 g/mol. The van der Waals surface area contributed by atoms with E-state index in [-0.39, 0.29) is 5.82 Å². The lowest BCUT2D eigenvalue weighted by molar-refractivity contribution is 0.557. The summed E-state index contributed by atoms with van der Waals surface area (Å²) in [4.78, 5) is 2.11. The van der Waals surface area contributed by atoms with E-state index in [9.17, 15) is 4.39 Å². The SMILES string of the molecule is Nc1[nH]ncc1-c1ccc(N2CCCCC2)c(F)c1. The van der Waals surface area contributed by atoms with E-state index in [1.54, 1.807) is 6.20 Å². The fraction of sp³-hybridized carbons (Fsp3) is 0.357. The van der Waals surface area contributed by atoms with Crippen LogP contribution < -0.4 is 10.6 Å². The van der Waals surface area contributed by atoms with E-state index >= 15 is 0 Å². The van der Waals surface area contributed by atoms with Gasteiger partial charge in [0, 0.05) is 18.7 Å². The molecule has 0 amide bonds. The molecule has 100 valence electrons. The predicted molar refractivity (Wildman–Crippen MR) is 74.5 cm³/mol. The van der Waals surface area contributed by atoms with Gasteiger partial charge in [0.25, 0.3) is 0 Å². The second-order valence-corrected chi connectivity index (χ2v) is 4.91. The van der Waals surface area contributed by atoms with Gasteiger partial charge in [0.05, 0.1) is 11.9 Å². The Kier molecular flexibility index (Phi) is 3.11. The van der Waals surface area contributed by atoms with Crippen molar-refractivity contribution < 1.29 is 4.39 Å². The van der Waals surface area contributed by atoms with Crippen LogP contribution in [0.5, 0.6) is 0 Å². The van der Waals surface area contributed by atoms with Gasteiger partial charge in [0.2, 0.25) is 0 Å². The minimum Gasteiger partial charge on any atom is -0.384 e. The number of piperidine rings is 1. The Balaban J connectivity index is 1.91. The zero-order valence-corrected chi connectivity index (χ0v) is 10.7. The summed E-state index contributed by atoms with van der Waals surface area (Å²) in [5.74, 6) is 0.269. The van der Waals surface area contributed by atoms with Gasteiger partial charge in [0.1, 0.15) is 11.6 Å². The average Bonchev–Trinajstić information content (AvgIpc) is 2.86. The van der Waals surface area contributed by atoms with Crippen LogP contribution in [0.25, 0.3) is 11.1 Å². The molecule has 1 fully saturated rings. The van der Waals surface area contributed by atoms with Crippen LogP contribution in [0.3, 0.4) is 0 Å². The molecule has 0 radical (unpaired) electrons. The van der Waals surface area contributed by atoms with E-state index in [0.717, 1.165) is 37.1 Å². The van der Waals surface area contributed by atoms with Gasteiger partial charge >= 0.3 is 0 Å². The second-order valence-electron chi connectivity index (χ2n) is 4.91. The highest BCUT2D eigenvalue weighted by atomic mass is 19.1. The van der Waals surface area contributed by atoms with Crippen molar-refractivity contribution in [3.63, 3.8) is 0 Å².